The number of aryl methyl sites for hydroxylation is 2. The van der Waals surface area contributed by atoms with Crippen molar-refractivity contribution in [3.63, 3.8) is 0 Å². The molecule has 0 aromatic carbocycles. The highest BCUT2D eigenvalue weighted by molar-refractivity contribution is 7.99. The molecular weight excluding hydrogens is 462 g/mol. The van der Waals surface area contributed by atoms with Gasteiger partial charge in [0.2, 0.25) is 11.8 Å². The van der Waals surface area contributed by atoms with E-state index in [1.54, 1.807) is 12.1 Å². The van der Waals surface area contributed by atoms with E-state index in [0.717, 1.165) is 43.7 Å². The van der Waals surface area contributed by atoms with Gasteiger partial charge in [-0.2, -0.15) is 0 Å². The van der Waals surface area contributed by atoms with E-state index in [-0.39, 0.29) is 22.4 Å². The van der Waals surface area contributed by atoms with Crippen molar-refractivity contribution < 1.29 is 14.3 Å². The number of rotatable bonds is 5. The molecule has 10 heteroatoms. The number of amides is 2. The summed E-state index contributed by atoms with van der Waals surface area (Å²) in [6.45, 7) is 6.70. The van der Waals surface area contributed by atoms with Gasteiger partial charge in [0.15, 0.2) is 5.16 Å². The Balaban J connectivity index is 1.31. The summed E-state index contributed by atoms with van der Waals surface area (Å²) in [7, 11) is 1.50. The van der Waals surface area contributed by atoms with Crippen LogP contribution in [0.2, 0.25) is 5.15 Å². The van der Waals surface area contributed by atoms with Crippen molar-refractivity contribution in [2.45, 2.75) is 38.3 Å². The van der Waals surface area contributed by atoms with Crippen molar-refractivity contribution in [1.29, 1.82) is 0 Å². The highest BCUT2D eigenvalue weighted by atomic mass is 35.5. The van der Waals surface area contributed by atoms with Crippen LogP contribution in [0.25, 0.3) is 0 Å². The van der Waals surface area contributed by atoms with Gasteiger partial charge >= 0.3 is 0 Å². The lowest BCUT2D eigenvalue weighted by atomic mass is 9.77. The molecule has 1 spiro atoms. The molecule has 2 aromatic rings. The quantitative estimate of drug-likeness (QED) is 0.361. The summed E-state index contributed by atoms with van der Waals surface area (Å²) >= 11 is 7.42. The van der Waals surface area contributed by atoms with Crippen molar-refractivity contribution in [3.8, 4) is 5.88 Å². The molecule has 0 radical (unpaired) electrons. The Hall–Kier alpha value is -2.39. The van der Waals surface area contributed by atoms with Crippen LogP contribution in [0, 0.1) is 19.3 Å². The number of thioether (sulfide) groups is 1. The first-order valence-corrected chi connectivity index (χ1v) is 12.4. The smallest absolute Gasteiger partial charge is 0.254 e. The van der Waals surface area contributed by atoms with Gasteiger partial charge in [-0.1, -0.05) is 23.4 Å². The van der Waals surface area contributed by atoms with Gasteiger partial charge < -0.3 is 14.5 Å². The molecule has 2 aromatic heterocycles. The average Bonchev–Trinajstić information content (AvgIpc) is 3.20. The monoisotopic (exact) mass is 489 g/mol. The molecular formula is C23H28ClN5O3S. The van der Waals surface area contributed by atoms with Crippen LogP contribution in [0.4, 0.5) is 0 Å². The number of piperidine rings is 1. The van der Waals surface area contributed by atoms with Gasteiger partial charge in [-0.25, -0.2) is 15.0 Å². The molecule has 33 heavy (non-hydrogen) atoms. The lowest BCUT2D eigenvalue weighted by Crippen LogP contribution is -2.44. The molecule has 0 atom stereocenters. The minimum Gasteiger partial charge on any atom is -0.481 e. The number of carbonyl (C=O) groups is 2. The van der Waals surface area contributed by atoms with Crippen LogP contribution in [0.3, 0.4) is 0 Å². The second-order valence-electron chi connectivity index (χ2n) is 8.80. The molecule has 0 saturated carbocycles. The van der Waals surface area contributed by atoms with Crippen LogP contribution < -0.4 is 4.74 Å². The number of ether oxygens (including phenoxy) is 1. The van der Waals surface area contributed by atoms with E-state index >= 15 is 0 Å². The van der Waals surface area contributed by atoms with Crippen LogP contribution in [0.5, 0.6) is 5.88 Å². The standard InChI is InChI=1S/C23H28ClN5O3S/c1-15-10-16(2)26-22(25-15)33-13-20(30)29-9-6-23(14-29)4-7-28(8-5-23)21(31)17-11-18(24)27-19(12-17)32-3/h10-12H,4-9,13-14H2,1-3H3. The molecule has 2 saturated heterocycles. The van der Waals surface area contributed by atoms with Gasteiger partial charge in [-0.3, -0.25) is 9.59 Å². The molecule has 2 amide bonds. The second-order valence-corrected chi connectivity index (χ2v) is 10.1. The number of carbonyl (C=O) groups excluding carboxylic acids is 2. The summed E-state index contributed by atoms with van der Waals surface area (Å²) in [5, 5.41) is 0.884. The van der Waals surface area contributed by atoms with E-state index in [4.69, 9.17) is 16.3 Å². The van der Waals surface area contributed by atoms with Crippen LogP contribution in [-0.4, -0.2) is 75.6 Å². The van der Waals surface area contributed by atoms with Crippen molar-refractivity contribution in [2.75, 3.05) is 39.0 Å². The fraction of sp³-hybridized carbons (Fsp3) is 0.522. The van der Waals surface area contributed by atoms with Crippen LogP contribution in [0.15, 0.2) is 23.4 Å². The zero-order valence-electron chi connectivity index (χ0n) is 19.1. The maximum atomic E-state index is 13.0. The molecule has 2 aliphatic heterocycles. The Kier molecular flexibility index (Phi) is 7.09. The van der Waals surface area contributed by atoms with Crippen LogP contribution in [0.1, 0.15) is 41.0 Å². The molecule has 0 bridgehead atoms. The summed E-state index contributed by atoms with van der Waals surface area (Å²) in [5.74, 6) is 0.724. The van der Waals surface area contributed by atoms with Crippen molar-refractivity contribution >= 4 is 35.2 Å². The summed E-state index contributed by atoms with van der Waals surface area (Å²) < 4.78 is 5.13. The van der Waals surface area contributed by atoms with Crippen molar-refractivity contribution in [1.82, 2.24) is 24.8 Å². The van der Waals surface area contributed by atoms with Crippen LogP contribution in [-0.2, 0) is 4.79 Å². The molecule has 2 aliphatic rings. The van der Waals surface area contributed by atoms with Gasteiger partial charge in [0, 0.05) is 49.2 Å². The Morgan fingerprint density at radius 2 is 1.67 bits per heavy atom. The zero-order chi connectivity index (χ0) is 23.6. The minimum absolute atomic E-state index is 0.0665. The number of methoxy groups -OCH3 is 1. The van der Waals surface area contributed by atoms with E-state index < -0.39 is 0 Å². The van der Waals surface area contributed by atoms with Crippen molar-refractivity contribution in [2.24, 2.45) is 5.41 Å². The normalized spacial score (nSPS) is 17.5. The Labute approximate surface area is 203 Å². The number of aromatic nitrogens is 3. The van der Waals surface area contributed by atoms with Gasteiger partial charge in [-0.15, -0.1) is 0 Å². The van der Waals surface area contributed by atoms with Crippen molar-refractivity contribution in [3.05, 3.63) is 40.3 Å². The lowest BCUT2D eigenvalue weighted by molar-refractivity contribution is -0.127. The molecule has 0 N–H and O–H groups in total. The van der Waals surface area contributed by atoms with Gasteiger partial charge in [0.05, 0.1) is 12.9 Å². The third kappa shape index (κ3) is 5.58. The first-order chi connectivity index (χ1) is 15.8. The summed E-state index contributed by atoms with van der Waals surface area (Å²) in [6, 6.07) is 5.11. The maximum absolute atomic E-state index is 13.0. The molecule has 0 unspecified atom stereocenters. The molecule has 2 fully saturated rings. The highest BCUT2D eigenvalue weighted by Gasteiger charge is 2.42. The molecule has 0 aliphatic carbocycles. The van der Waals surface area contributed by atoms with E-state index in [0.29, 0.717) is 35.4 Å². The second kappa shape index (κ2) is 9.85. The Morgan fingerprint density at radius 3 is 2.30 bits per heavy atom. The molecule has 176 valence electrons. The number of pyridine rings is 1. The third-order valence-electron chi connectivity index (χ3n) is 6.42. The highest BCUT2D eigenvalue weighted by Crippen LogP contribution is 2.41. The number of halogens is 1. The zero-order valence-corrected chi connectivity index (χ0v) is 20.7. The first-order valence-electron chi connectivity index (χ1n) is 11.0. The fourth-order valence-corrected chi connectivity index (χ4v) is 5.65. The molecule has 4 heterocycles. The van der Waals surface area contributed by atoms with E-state index in [2.05, 4.69) is 15.0 Å². The van der Waals surface area contributed by atoms with E-state index in [9.17, 15) is 9.59 Å². The predicted molar refractivity (Wildman–Crippen MR) is 127 cm³/mol. The van der Waals surface area contributed by atoms with Gasteiger partial charge in [-0.05, 0) is 50.7 Å². The first kappa shape index (κ1) is 23.8. The van der Waals surface area contributed by atoms with E-state index in [1.807, 2.05) is 29.7 Å². The maximum Gasteiger partial charge on any atom is 0.254 e. The topological polar surface area (TPSA) is 88.5 Å². The number of likely N-dealkylation sites (tertiary alicyclic amines) is 2. The number of hydrogen-bond donors (Lipinski definition) is 0. The lowest BCUT2D eigenvalue weighted by Gasteiger charge is -2.39. The third-order valence-corrected chi connectivity index (χ3v) is 7.44. The summed E-state index contributed by atoms with van der Waals surface area (Å²) in [6.07, 6.45) is 2.73. The number of nitrogens with zero attached hydrogens (tertiary/aromatic N) is 5. The van der Waals surface area contributed by atoms with Gasteiger partial charge in [0.1, 0.15) is 5.15 Å². The SMILES string of the molecule is COc1cc(C(=O)N2CCC3(CCN(C(=O)CSc4nc(C)cc(C)n4)C3)CC2)cc(Cl)n1. The summed E-state index contributed by atoms with van der Waals surface area (Å²) in [5.41, 5.74) is 2.38. The number of hydrogen-bond acceptors (Lipinski definition) is 7. The molecule has 4 rings (SSSR count). The minimum atomic E-state index is -0.0665. The summed E-state index contributed by atoms with van der Waals surface area (Å²) in [4.78, 5) is 42.4. The predicted octanol–water partition coefficient (Wildman–Crippen LogP) is 3.40. The van der Waals surface area contributed by atoms with Gasteiger partial charge in [0.25, 0.3) is 5.91 Å². The average molecular weight is 490 g/mol. The van der Waals surface area contributed by atoms with Crippen LogP contribution >= 0.6 is 23.4 Å². The fourth-order valence-electron chi connectivity index (χ4n) is 4.60. The Morgan fingerprint density at radius 1 is 1.03 bits per heavy atom. The van der Waals surface area contributed by atoms with E-state index in [1.165, 1.54) is 18.9 Å². The molecule has 8 nitrogen and oxygen atoms in total. The largest absolute Gasteiger partial charge is 0.481 e. The Bertz CT molecular complexity index is 1040.